The number of sulfonamides is 1. The first-order valence-electron chi connectivity index (χ1n) is 5.41. The summed E-state index contributed by atoms with van der Waals surface area (Å²) in [6.45, 7) is 1.37. The summed E-state index contributed by atoms with van der Waals surface area (Å²) in [7, 11) is -3.96. The first kappa shape index (κ1) is 16.5. The number of hydrogen-bond donors (Lipinski definition) is 2. The molecular formula is C12H13BrN2O4S. The fraction of sp³-hybridized carbons (Fsp3) is 0.250. The summed E-state index contributed by atoms with van der Waals surface area (Å²) < 4.78 is 28.8. The van der Waals surface area contributed by atoms with Gasteiger partial charge in [0.05, 0.1) is 6.54 Å². The van der Waals surface area contributed by atoms with Crippen LogP contribution in [0.15, 0.2) is 21.5 Å². The molecule has 1 aromatic rings. The van der Waals surface area contributed by atoms with Crippen molar-refractivity contribution in [2.45, 2.75) is 11.8 Å². The third-order valence-electron chi connectivity index (χ3n) is 2.25. The van der Waals surface area contributed by atoms with E-state index in [4.69, 9.17) is 16.3 Å². The summed E-state index contributed by atoms with van der Waals surface area (Å²) >= 11 is 3.18. The summed E-state index contributed by atoms with van der Waals surface area (Å²) in [5, 5.41) is 7.53. The van der Waals surface area contributed by atoms with Crippen molar-refractivity contribution in [1.29, 1.82) is 0 Å². The van der Waals surface area contributed by atoms with Crippen LogP contribution in [0.2, 0.25) is 0 Å². The Labute approximate surface area is 125 Å². The molecule has 6 nitrogen and oxygen atoms in total. The van der Waals surface area contributed by atoms with E-state index in [1.807, 2.05) is 0 Å². The number of terminal acetylenes is 1. The number of carbonyl (C=O) groups is 1. The second kappa shape index (κ2) is 6.74. The molecule has 0 heterocycles. The van der Waals surface area contributed by atoms with Gasteiger partial charge in [-0.3, -0.25) is 4.79 Å². The van der Waals surface area contributed by atoms with Crippen LogP contribution in [-0.2, 0) is 14.8 Å². The highest BCUT2D eigenvalue weighted by molar-refractivity contribution is 9.10. The lowest BCUT2D eigenvalue weighted by molar-refractivity contribution is -0.122. The molecule has 1 rings (SSSR count). The number of amides is 1. The van der Waals surface area contributed by atoms with E-state index in [1.165, 1.54) is 6.07 Å². The predicted octanol–water partition coefficient (Wildman–Crippen LogP) is 0.533. The second-order valence-corrected chi connectivity index (χ2v) is 6.31. The normalized spacial score (nSPS) is 10.7. The molecule has 0 unspecified atom stereocenters. The van der Waals surface area contributed by atoms with Gasteiger partial charge in [0, 0.05) is 4.47 Å². The van der Waals surface area contributed by atoms with Crippen LogP contribution < -0.4 is 15.2 Å². The zero-order chi connectivity index (χ0) is 15.3. The first-order valence-corrected chi connectivity index (χ1v) is 7.75. The standard InChI is InChI=1S/C12H13BrN2O4S/c1-3-4-15-11(16)7-19-12-8(2)5-9(13)6-10(12)20(14,17)18/h1,5-6H,4,7H2,2H3,(H,15,16)(H2,14,17,18). The molecule has 0 bridgehead atoms. The van der Waals surface area contributed by atoms with Gasteiger partial charge in [0.15, 0.2) is 6.61 Å². The summed E-state index contributed by atoms with van der Waals surface area (Å²) in [6.07, 6.45) is 5.00. The van der Waals surface area contributed by atoms with Gasteiger partial charge in [-0.1, -0.05) is 21.9 Å². The number of nitrogens with one attached hydrogen (secondary N) is 1. The van der Waals surface area contributed by atoms with Crippen molar-refractivity contribution in [3.63, 3.8) is 0 Å². The van der Waals surface area contributed by atoms with Crippen LogP contribution >= 0.6 is 15.9 Å². The molecule has 3 N–H and O–H groups in total. The van der Waals surface area contributed by atoms with Crippen LogP contribution in [0.25, 0.3) is 0 Å². The van der Waals surface area contributed by atoms with Gasteiger partial charge < -0.3 is 10.1 Å². The first-order chi connectivity index (χ1) is 9.25. The maximum absolute atomic E-state index is 11.5. The summed E-state index contributed by atoms with van der Waals surface area (Å²) in [5.41, 5.74) is 0.535. The zero-order valence-corrected chi connectivity index (χ0v) is 13.0. The fourth-order valence-electron chi connectivity index (χ4n) is 1.43. The molecule has 0 aliphatic heterocycles. The molecule has 0 aliphatic carbocycles. The Kier molecular flexibility index (Phi) is 5.56. The molecule has 1 aromatic carbocycles. The molecule has 0 saturated carbocycles. The average Bonchev–Trinajstić information content (AvgIpc) is 2.33. The van der Waals surface area contributed by atoms with Gasteiger partial charge in [-0.25, -0.2) is 13.6 Å². The molecule has 0 saturated heterocycles. The number of nitrogens with two attached hydrogens (primary N) is 1. The van der Waals surface area contributed by atoms with E-state index in [1.54, 1.807) is 13.0 Å². The predicted molar refractivity (Wildman–Crippen MR) is 77.6 cm³/mol. The Balaban J connectivity index is 3.01. The fourth-order valence-corrected chi connectivity index (χ4v) is 2.93. The zero-order valence-electron chi connectivity index (χ0n) is 10.6. The van der Waals surface area contributed by atoms with E-state index in [2.05, 4.69) is 27.2 Å². The number of rotatable bonds is 5. The van der Waals surface area contributed by atoms with Crippen LogP contribution in [0.5, 0.6) is 5.75 Å². The maximum atomic E-state index is 11.5. The quantitative estimate of drug-likeness (QED) is 0.748. The Morgan fingerprint density at radius 1 is 1.55 bits per heavy atom. The molecule has 0 aromatic heterocycles. The van der Waals surface area contributed by atoms with Crippen LogP contribution in [0.4, 0.5) is 0 Å². The van der Waals surface area contributed by atoms with E-state index in [0.717, 1.165) is 0 Å². The Morgan fingerprint density at radius 3 is 2.75 bits per heavy atom. The van der Waals surface area contributed by atoms with E-state index in [9.17, 15) is 13.2 Å². The summed E-state index contributed by atoms with van der Waals surface area (Å²) in [4.78, 5) is 11.2. The monoisotopic (exact) mass is 360 g/mol. The lowest BCUT2D eigenvalue weighted by atomic mass is 10.2. The van der Waals surface area contributed by atoms with Gasteiger partial charge in [0.1, 0.15) is 10.6 Å². The van der Waals surface area contributed by atoms with Gasteiger partial charge in [0.25, 0.3) is 5.91 Å². The minimum Gasteiger partial charge on any atom is -0.482 e. The van der Waals surface area contributed by atoms with Crippen molar-refractivity contribution >= 4 is 31.9 Å². The van der Waals surface area contributed by atoms with Gasteiger partial charge in [-0.05, 0) is 24.6 Å². The van der Waals surface area contributed by atoms with E-state index in [0.29, 0.717) is 10.0 Å². The number of primary sulfonamides is 1. The average molecular weight is 361 g/mol. The molecule has 0 atom stereocenters. The number of ether oxygens (including phenoxy) is 1. The molecule has 0 fully saturated rings. The van der Waals surface area contributed by atoms with Gasteiger partial charge in [-0.15, -0.1) is 6.42 Å². The highest BCUT2D eigenvalue weighted by Gasteiger charge is 2.19. The highest BCUT2D eigenvalue weighted by atomic mass is 79.9. The number of benzene rings is 1. The number of halogens is 1. The lowest BCUT2D eigenvalue weighted by Gasteiger charge is -2.13. The van der Waals surface area contributed by atoms with E-state index in [-0.39, 0.29) is 23.8 Å². The Morgan fingerprint density at radius 2 is 2.20 bits per heavy atom. The molecule has 0 radical (unpaired) electrons. The van der Waals surface area contributed by atoms with Crippen molar-refractivity contribution < 1.29 is 17.9 Å². The minimum absolute atomic E-state index is 0.0477. The molecule has 1 amide bonds. The molecule has 0 spiro atoms. The smallest absolute Gasteiger partial charge is 0.258 e. The number of carbonyl (C=O) groups excluding carboxylic acids is 1. The Hall–Kier alpha value is -1.56. The van der Waals surface area contributed by atoms with Gasteiger partial charge in [0.2, 0.25) is 10.0 Å². The van der Waals surface area contributed by atoms with Crippen molar-refractivity contribution in [2.24, 2.45) is 5.14 Å². The van der Waals surface area contributed by atoms with Gasteiger partial charge >= 0.3 is 0 Å². The molecule has 8 heteroatoms. The number of hydrogen-bond acceptors (Lipinski definition) is 4. The topological polar surface area (TPSA) is 98.5 Å². The van der Waals surface area contributed by atoms with E-state index >= 15 is 0 Å². The van der Waals surface area contributed by atoms with Crippen LogP contribution in [0, 0.1) is 19.3 Å². The third-order valence-corrected chi connectivity index (χ3v) is 3.62. The van der Waals surface area contributed by atoms with Crippen LogP contribution in [-0.4, -0.2) is 27.5 Å². The van der Waals surface area contributed by atoms with Crippen molar-refractivity contribution in [3.05, 3.63) is 22.2 Å². The number of aryl methyl sites for hydroxylation is 1. The molecule has 20 heavy (non-hydrogen) atoms. The summed E-state index contributed by atoms with van der Waals surface area (Å²) in [6, 6.07) is 2.97. The lowest BCUT2D eigenvalue weighted by Crippen LogP contribution is -2.29. The third kappa shape index (κ3) is 4.52. The highest BCUT2D eigenvalue weighted by Crippen LogP contribution is 2.30. The molecule has 108 valence electrons. The SMILES string of the molecule is C#CCNC(=O)COc1c(C)cc(Br)cc1S(N)(=O)=O. The van der Waals surface area contributed by atoms with Gasteiger partial charge in [-0.2, -0.15) is 0 Å². The molecular weight excluding hydrogens is 348 g/mol. The Bertz CT molecular complexity index is 665. The van der Waals surface area contributed by atoms with Crippen LogP contribution in [0.1, 0.15) is 5.56 Å². The summed E-state index contributed by atoms with van der Waals surface area (Å²) in [5.74, 6) is 1.84. The second-order valence-electron chi connectivity index (χ2n) is 3.86. The van der Waals surface area contributed by atoms with Crippen molar-refractivity contribution in [2.75, 3.05) is 13.2 Å². The molecule has 0 aliphatic rings. The maximum Gasteiger partial charge on any atom is 0.258 e. The minimum atomic E-state index is -3.96. The van der Waals surface area contributed by atoms with Crippen molar-refractivity contribution in [3.8, 4) is 18.1 Å². The van der Waals surface area contributed by atoms with Crippen LogP contribution in [0.3, 0.4) is 0 Å². The van der Waals surface area contributed by atoms with E-state index < -0.39 is 15.9 Å². The largest absolute Gasteiger partial charge is 0.482 e. The van der Waals surface area contributed by atoms with Crippen molar-refractivity contribution in [1.82, 2.24) is 5.32 Å².